The Labute approximate surface area is 192 Å². The minimum atomic E-state index is -4.57. The number of amides is 1. The van der Waals surface area contributed by atoms with E-state index in [1.807, 2.05) is 0 Å². The normalized spacial score (nSPS) is 17.6. The van der Waals surface area contributed by atoms with Crippen molar-refractivity contribution in [1.29, 1.82) is 0 Å². The number of halogens is 4. The molecule has 0 radical (unpaired) electrons. The number of fused-ring (bicyclic) bond motifs is 1. The average molecular weight is 481 g/mol. The lowest BCUT2D eigenvalue weighted by Crippen LogP contribution is -2.35. The van der Waals surface area contributed by atoms with Crippen LogP contribution in [0.1, 0.15) is 34.6 Å². The summed E-state index contributed by atoms with van der Waals surface area (Å²) in [4.78, 5) is 12.6. The summed E-state index contributed by atoms with van der Waals surface area (Å²) in [6.07, 6.45) is -4.88. The van der Waals surface area contributed by atoms with Crippen LogP contribution in [0.15, 0.2) is 48.5 Å². The Kier molecular flexibility index (Phi) is 6.11. The molecule has 3 aromatic rings. The molecule has 1 aliphatic rings. The predicted octanol–water partition coefficient (Wildman–Crippen LogP) is 5.47. The van der Waals surface area contributed by atoms with Crippen molar-refractivity contribution in [3.8, 4) is 11.5 Å². The van der Waals surface area contributed by atoms with E-state index in [1.165, 1.54) is 20.3 Å². The Morgan fingerprint density at radius 3 is 2.45 bits per heavy atom. The van der Waals surface area contributed by atoms with Crippen LogP contribution in [0.3, 0.4) is 0 Å². The van der Waals surface area contributed by atoms with Gasteiger partial charge in [0.25, 0.3) is 5.91 Å². The molecular formula is C22H20ClF3N4O3. The number of alkyl halides is 3. The van der Waals surface area contributed by atoms with Gasteiger partial charge in [0.2, 0.25) is 0 Å². The van der Waals surface area contributed by atoms with Crippen molar-refractivity contribution in [2.45, 2.75) is 24.7 Å². The molecule has 33 heavy (non-hydrogen) atoms. The molecule has 0 fully saturated rings. The standard InChI is InChI=1S/C22H20ClF3N4O3/c1-32-17-8-3-12(9-18(17)33-2)15-10-19(22(24,25)26)30-20(28-15)11-16(29-30)21(31)27-14-6-4-13(23)5-7-14/h3-9,11,15,19,28H,10H2,1-2H3,(H,27,31)/t15-,19+/m0/s1. The van der Waals surface area contributed by atoms with Crippen LogP contribution >= 0.6 is 11.6 Å². The van der Waals surface area contributed by atoms with Crippen molar-refractivity contribution in [2.75, 3.05) is 24.9 Å². The molecule has 2 N–H and O–H groups in total. The van der Waals surface area contributed by atoms with Gasteiger partial charge in [0.15, 0.2) is 23.2 Å². The number of hydrogen-bond donors (Lipinski definition) is 2. The number of hydrogen-bond acceptors (Lipinski definition) is 5. The van der Waals surface area contributed by atoms with Crippen molar-refractivity contribution in [2.24, 2.45) is 0 Å². The summed E-state index contributed by atoms with van der Waals surface area (Å²) in [5, 5.41) is 10.1. The molecule has 2 atom stereocenters. The van der Waals surface area contributed by atoms with Crippen molar-refractivity contribution in [3.63, 3.8) is 0 Å². The van der Waals surface area contributed by atoms with E-state index < -0.39 is 24.2 Å². The summed E-state index contributed by atoms with van der Waals surface area (Å²) in [6, 6.07) is 9.98. The molecule has 0 unspecified atom stereocenters. The monoisotopic (exact) mass is 480 g/mol. The Bertz CT molecular complexity index is 1160. The second kappa shape index (κ2) is 8.86. The van der Waals surface area contributed by atoms with Crippen LogP contribution in [-0.2, 0) is 0 Å². The van der Waals surface area contributed by atoms with Crippen LogP contribution in [0.25, 0.3) is 0 Å². The van der Waals surface area contributed by atoms with E-state index in [-0.39, 0.29) is 17.9 Å². The predicted molar refractivity (Wildman–Crippen MR) is 117 cm³/mol. The van der Waals surface area contributed by atoms with Gasteiger partial charge in [-0.05, 0) is 42.0 Å². The molecule has 4 rings (SSSR count). The van der Waals surface area contributed by atoms with Crippen LogP contribution in [0.2, 0.25) is 5.02 Å². The van der Waals surface area contributed by atoms with Crippen molar-refractivity contribution < 1.29 is 27.4 Å². The average Bonchev–Trinajstić information content (AvgIpc) is 3.23. The number of nitrogens with one attached hydrogen (secondary N) is 2. The van der Waals surface area contributed by atoms with Gasteiger partial charge in [0.05, 0.1) is 20.3 Å². The quantitative estimate of drug-likeness (QED) is 0.506. The molecule has 0 spiro atoms. The van der Waals surface area contributed by atoms with E-state index in [9.17, 15) is 18.0 Å². The lowest BCUT2D eigenvalue weighted by Gasteiger charge is -2.33. The SMILES string of the molecule is COc1ccc([C@@H]2C[C@H](C(F)(F)F)n3nc(C(=O)Nc4ccc(Cl)cc4)cc3N2)cc1OC. The smallest absolute Gasteiger partial charge is 0.410 e. The number of anilines is 2. The molecule has 0 saturated carbocycles. The number of rotatable bonds is 5. The number of benzene rings is 2. The third-order valence-electron chi connectivity index (χ3n) is 5.33. The van der Waals surface area contributed by atoms with Crippen LogP contribution in [0.4, 0.5) is 24.7 Å². The van der Waals surface area contributed by atoms with E-state index in [0.717, 1.165) is 4.68 Å². The van der Waals surface area contributed by atoms with Gasteiger partial charge in [0.1, 0.15) is 5.82 Å². The first kappa shape index (κ1) is 22.8. The molecule has 2 aromatic carbocycles. The molecule has 7 nitrogen and oxygen atoms in total. The zero-order valence-corrected chi connectivity index (χ0v) is 18.4. The first-order valence-corrected chi connectivity index (χ1v) is 10.3. The molecule has 0 aliphatic carbocycles. The van der Waals surface area contributed by atoms with E-state index in [2.05, 4.69) is 15.7 Å². The van der Waals surface area contributed by atoms with E-state index in [4.69, 9.17) is 21.1 Å². The number of carbonyl (C=O) groups is 1. The summed E-state index contributed by atoms with van der Waals surface area (Å²) < 4.78 is 53.1. The van der Waals surface area contributed by atoms with Crippen molar-refractivity contribution in [3.05, 3.63) is 64.8 Å². The van der Waals surface area contributed by atoms with Gasteiger partial charge < -0.3 is 20.1 Å². The molecule has 1 amide bonds. The third-order valence-corrected chi connectivity index (χ3v) is 5.59. The van der Waals surface area contributed by atoms with E-state index in [1.54, 1.807) is 42.5 Å². The lowest BCUT2D eigenvalue weighted by molar-refractivity contribution is -0.173. The van der Waals surface area contributed by atoms with Gasteiger partial charge in [-0.1, -0.05) is 17.7 Å². The van der Waals surface area contributed by atoms with E-state index >= 15 is 0 Å². The van der Waals surface area contributed by atoms with Gasteiger partial charge in [-0.15, -0.1) is 0 Å². The lowest BCUT2D eigenvalue weighted by atomic mass is 9.96. The summed E-state index contributed by atoms with van der Waals surface area (Å²) in [5.41, 5.74) is 0.884. The summed E-state index contributed by atoms with van der Waals surface area (Å²) in [6.45, 7) is 0. The number of aromatic nitrogens is 2. The number of nitrogens with zero attached hydrogens (tertiary/aromatic N) is 2. The minimum absolute atomic E-state index is 0.0876. The molecule has 1 aliphatic heterocycles. The fourth-order valence-electron chi connectivity index (χ4n) is 3.70. The maximum absolute atomic E-state index is 13.9. The topological polar surface area (TPSA) is 77.4 Å². The first-order valence-electron chi connectivity index (χ1n) is 9.91. The number of methoxy groups -OCH3 is 2. The Morgan fingerprint density at radius 2 is 1.82 bits per heavy atom. The van der Waals surface area contributed by atoms with Crippen LogP contribution in [0.5, 0.6) is 11.5 Å². The Balaban J connectivity index is 1.64. The van der Waals surface area contributed by atoms with Gasteiger partial charge >= 0.3 is 6.18 Å². The molecule has 0 saturated heterocycles. The molecule has 0 bridgehead atoms. The van der Waals surface area contributed by atoms with Crippen LogP contribution in [-0.4, -0.2) is 36.1 Å². The summed E-state index contributed by atoms with van der Waals surface area (Å²) in [7, 11) is 2.93. The van der Waals surface area contributed by atoms with Crippen LogP contribution in [0, 0.1) is 0 Å². The highest BCUT2D eigenvalue weighted by Crippen LogP contribution is 2.44. The van der Waals surface area contributed by atoms with Crippen LogP contribution < -0.4 is 20.1 Å². The minimum Gasteiger partial charge on any atom is -0.493 e. The molecule has 11 heteroatoms. The largest absolute Gasteiger partial charge is 0.493 e. The fraction of sp³-hybridized carbons (Fsp3) is 0.273. The van der Waals surface area contributed by atoms with Crippen molar-refractivity contribution in [1.82, 2.24) is 9.78 Å². The molecule has 174 valence electrons. The number of carbonyl (C=O) groups excluding carboxylic acids is 1. The first-order chi connectivity index (χ1) is 15.7. The fourth-order valence-corrected chi connectivity index (χ4v) is 3.83. The van der Waals surface area contributed by atoms with Gasteiger partial charge in [0, 0.05) is 23.2 Å². The maximum Gasteiger partial charge on any atom is 0.410 e. The Morgan fingerprint density at radius 1 is 1.12 bits per heavy atom. The van der Waals surface area contributed by atoms with Crippen molar-refractivity contribution >= 4 is 29.0 Å². The maximum atomic E-state index is 13.9. The third kappa shape index (κ3) is 4.70. The Hall–Kier alpha value is -3.40. The molecule has 1 aromatic heterocycles. The highest BCUT2D eigenvalue weighted by Gasteiger charge is 2.47. The summed E-state index contributed by atoms with van der Waals surface area (Å²) >= 11 is 5.83. The second-order valence-electron chi connectivity index (χ2n) is 7.42. The van der Waals surface area contributed by atoms with Gasteiger partial charge in [-0.2, -0.15) is 18.3 Å². The number of ether oxygens (including phenoxy) is 2. The summed E-state index contributed by atoms with van der Waals surface area (Å²) in [5.74, 6) is 0.326. The van der Waals surface area contributed by atoms with Gasteiger partial charge in [-0.3, -0.25) is 4.79 Å². The highest BCUT2D eigenvalue weighted by molar-refractivity contribution is 6.30. The second-order valence-corrected chi connectivity index (χ2v) is 7.86. The van der Waals surface area contributed by atoms with E-state index in [0.29, 0.717) is 27.8 Å². The molecular weight excluding hydrogens is 461 g/mol. The highest BCUT2D eigenvalue weighted by atomic mass is 35.5. The van der Waals surface area contributed by atoms with Gasteiger partial charge in [-0.25, -0.2) is 4.68 Å². The zero-order chi connectivity index (χ0) is 23.8. The zero-order valence-electron chi connectivity index (χ0n) is 17.6. The molecule has 2 heterocycles.